The number of hydrogen-bond acceptors (Lipinski definition) is 2. The summed E-state index contributed by atoms with van der Waals surface area (Å²) in [6, 6.07) is 9.93. The first kappa shape index (κ1) is 13.7. The Hall–Kier alpha value is -1.41. The van der Waals surface area contributed by atoms with Crippen LogP contribution >= 0.6 is 0 Å². The maximum absolute atomic E-state index is 11.4. The molecular formula is C15H20O2. The average molecular weight is 232 g/mol. The standard InChI is InChI=1S/C15H20O2/c1-11(15(12(2)16)13(3)17)9-10-14-7-5-4-6-8-14/h4-12,15-16H,1-3H3/b10-9+. The summed E-state index contributed by atoms with van der Waals surface area (Å²) < 4.78 is 0. The molecule has 0 saturated carbocycles. The molecule has 17 heavy (non-hydrogen) atoms. The van der Waals surface area contributed by atoms with E-state index in [0.717, 1.165) is 5.56 Å². The van der Waals surface area contributed by atoms with E-state index >= 15 is 0 Å². The van der Waals surface area contributed by atoms with Gasteiger partial charge >= 0.3 is 0 Å². The van der Waals surface area contributed by atoms with Crippen molar-refractivity contribution in [3.63, 3.8) is 0 Å². The van der Waals surface area contributed by atoms with Crippen LogP contribution in [0.5, 0.6) is 0 Å². The molecular weight excluding hydrogens is 212 g/mol. The lowest BCUT2D eigenvalue weighted by atomic mass is 9.86. The zero-order chi connectivity index (χ0) is 12.8. The summed E-state index contributed by atoms with van der Waals surface area (Å²) in [5, 5.41) is 9.60. The minimum atomic E-state index is -0.608. The van der Waals surface area contributed by atoms with Gasteiger partial charge in [0.05, 0.1) is 6.10 Å². The Morgan fingerprint density at radius 3 is 2.29 bits per heavy atom. The Morgan fingerprint density at radius 2 is 1.82 bits per heavy atom. The second-order valence-corrected chi connectivity index (χ2v) is 4.51. The Bertz CT molecular complexity index is 379. The number of aliphatic hydroxyl groups excluding tert-OH is 1. The van der Waals surface area contributed by atoms with Crippen molar-refractivity contribution in [3.8, 4) is 0 Å². The molecule has 2 heteroatoms. The van der Waals surface area contributed by atoms with Crippen LogP contribution in [0.4, 0.5) is 0 Å². The predicted molar refractivity (Wildman–Crippen MR) is 70.5 cm³/mol. The molecule has 1 rings (SSSR count). The average Bonchev–Trinajstić information content (AvgIpc) is 2.27. The molecule has 0 heterocycles. The molecule has 0 amide bonds. The van der Waals surface area contributed by atoms with Crippen LogP contribution in [0.1, 0.15) is 26.3 Å². The van der Waals surface area contributed by atoms with Crippen molar-refractivity contribution in [1.82, 2.24) is 0 Å². The van der Waals surface area contributed by atoms with E-state index < -0.39 is 6.10 Å². The summed E-state index contributed by atoms with van der Waals surface area (Å²) in [6.07, 6.45) is 3.36. The van der Waals surface area contributed by atoms with Crippen molar-refractivity contribution in [2.75, 3.05) is 0 Å². The lowest BCUT2D eigenvalue weighted by Gasteiger charge is -2.21. The molecule has 2 nitrogen and oxygen atoms in total. The molecule has 0 fully saturated rings. The van der Waals surface area contributed by atoms with E-state index in [9.17, 15) is 9.90 Å². The fourth-order valence-corrected chi connectivity index (χ4v) is 2.10. The fraction of sp³-hybridized carbons (Fsp3) is 0.400. The number of aliphatic hydroxyl groups is 1. The van der Waals surface area contributed by atoms with Gasteiger partial charge < -0.3 is 5.11 Å². The topological polar surface area (TPSA) is 37.3 Å². The maximum Gasteiger partial charge on any atom is 0.136 e. The lowest BCUT2D eigenvalue weighted by Crippen LogP contribution is -2.29. The van der Waals surface area contributed by atoms with Crippen molar-refractivity contribution in [3.05, 3.63) is 42.0 Å². The third kappa shape index (κ3) is 4.16. The van der Waals surface area contributed by atoms with E-state index in [0.29, 0.717) is 0 Å². The minimum Gasteiger partial charge on any atom is -0.393 e. The summed E-state index contributed by atoms with van der Waals surface area (Å²) >= 11 is 0. The van der Waals surface area contributed by atoms with Gasteiger partial charge in [-0.2, -0.15) is 0 Å². The molecule has 92 valence electrons. The van der Waals surface area contributed by atoms with Crippen molar-refractivity contribution in [1.29, 1.82) is 0 Å². The molecule has 3 atom stereocenters. The molecule has 1 aromatic rings. The van der Waals surface area contributed by atoms with Crippen LogP contribution < -0.4 is 0 Å². The van der Waals surface area contributed by atoms with Crippen LogP contribution in [0.15, 0.2) is 36.4 Å². The van der Waals surface area contributed by atoms with E-state index in [1.807, 2.05) is 49.4 Å². The highest BCUT2D eigenvalue weighted by molar-refractivity contribution is 5.79. The number of carbonyl (C=O) groups is 1. The van der Waals surface area contributed by atoms with Gasteiger partial charge in [0.2, 0.25) is 0 Å². The first-order valence-electron chi connectivity index (χ1n) is 5.94. The zero-order valence-electron chi connectivity index (χ0n) is 10.6. The van der Waals surface area contributed by atoms with E-state index in [2.05, 4.69) is 0 Å². The van der Waals surface area contributed by atoms with Gasteiger partial charge in [0.1, 0.15) is 5.78 Å². The molecule has 1 N–H and O–H groups in total. The predicted octanol–water partition coefficient (Wildman–Crippen LogP) is 2.92. The van der Waals surface area contributed by atoms with Gasteiger partial charge in [0.15, 0.2) is 0 Å². The molecule has 1 aromatic carbocycles. The molecule has 0 aliphatic heterocycles. The van der Waals surface area contributed by atoms with Gasteiger partial charge in [-0.05, 0) is 25.3 Å². The molecule has 0 aromatic heterocycles. The fourth-order valence-electron chi connectivity index (χ4n) is 2.10. The van der Waals surface area contributed by atoms with Gasteiger partial charge in [-0.3, -0.25) is 4.79 Å². The number of rotatable bonds is 5. The number of hydrogen-bond donors (Lipinski definition) is 1. The van der Waals surface area contributed by atoms with Gasteiger partial charge in [-0.15, -0.1) is 0 Å². The Labute approximate surface area is 103 Å². The number of benzene rings is 1. The lowest BCUT2D eigenvalue weighted by molar-refractivity contribution is -0.125. The smallest absolute Gasteiger partial charge is 0.136 e. The van der Waals surface area contributed by atoms with Crippen LogP contribution in [-0.4, -0.2) is 17.0 Å². The second-order valence-electron chi connectivity index (χ2n) is 4.51. The summed E-state index contributed by atoms with van der Waals surface area (Å²) in [4.78, 5) is 11.4. The Kier molecular flexibility index (Phi) is 5.11. The van der Waals surface area contributed by atoms with Crippen LogP contribution in [0.2, 0.25) is 0 Å². The highest BCUT2D eigenvalue weighted by Gasteiger charge is 2.24. The highest BCUT2D eigenvalue weighted by Crippen LogP contribution is 2.19. The molecule has 0 radical (unpaired) electrons. The number of allylic oxidation sites excluding steroid dienone is 1. The monoisotopic (exact) mass is 232 g/mol. The van der Waals surface area contributed by atoms with E-state index in [-0.39, 0.29) is 17.6 Å². The second kappa shape index (κ2) is 6.36. The summed E-state index contributed by atoms with van der Waals surface area (Å²) in [5.41, 5.74) is 1.10. The number of Topliss-reactive ketones (excluding diaryl/α,β-unsaturated/α-hetero) is 1. The van der Waals surface area contributed by atoms with Crippen molar-refractivity contribution in [2.24, 2.45) is 11.8 Å². The first-order valence-corrected chi connectivity index (χ1v) is 5.94. The third-order valence-corrected chi connectivity index (χ3v) is 2.95. The number of ketones is 1. The normalized spacial score (nSPS) is 16.7. The highest BCUT2D eigenvalue weighted by atomic mass is 16.3. The van der Waals surface area contributed by atoms with Crippen LogP contribution in [0, 0.1) is 11.8 Å². The molecule has 0 aliphatic carbocycles. The molecule has 3 unspecified atom stereocenters. The van der Waals surface area contributed by atoms with E-state index in [4.69, 9.17) is 0 Å². The summed E-state index contributed by atoms with van der Waals surface area (Å²) in [6.45, 7) is 5.15. The van der Waals surface area contributed by atoms with Gasteiger partial charge in [0, 0.05) is 5.92 Å². The van der Waals surface area contributed by atoms with Crippen molar-refractivity contribution in [2.45, 2.75) is 26.9 Å². The van der Waals surface area contributed by atoms with Gasteiger partial charge in [-0.25, -0.2) is 0 Å². The molecule has 0 saturated heterocycles. The summed E-state index contributed by atoms with van der Waals surface area (Å²) in [7, 11) is 0. The van der Waals surface area contributed by atoms with Crippen LogP contribution in [0.3, 0.4) is 0 Å². The largest absolute Gasteiger partial charge is 0.393 e. The SMILES string of the molecule is CC(=O)C(C(C)O)C(C)/C=C/c1ccccc1. The Balaban J connectivity index is 2.74. The number of carbonyl (C=O) groups excluding carboxylic acids is 1. The minimum absolute atomic E-state index is 0.0326. The van der Waals surface area contributed by atoms with E-state index in [1.165, 1.54) is 6.92 Å². The molecule has 0 aliphatic rings. The summed E-state index contributed by atoms with van der Waals surface area (Å²) in [5.74, 6) is -0.257. The van der Waals surface area contributed by atoms with E-state index in [1.54, 1.807) is 6.92 Å². The maximum atomic E-state index is 11.4. The first-order chi connectivity index (χ1) is 8.02. The quantitative estimate of drug-likeness (QED) is 0.847. The molecule has 0 spiro atoms. The van der Waals surface area contributed by atoms with Gasteiger partial charge in [0.25, 0.3) is 0 Å². The van der Waals surface area contributed by atoms with Crippen LogP contribution in [-0.2, 0) is 4.79 Å². The zero-order valence-corrected chi connectivity index (χ0v) is 10.6. The van der Waals surface area contributed by atoms with Gasteiger partial charge in [-0.1, -0.05) is 49.4 Å². The van der Waals surface area contributed by atoms with Crippen LogP contribution in [0.25, 0.3) is 6.08 Å². The third-order valence-electron chi connectivity index (χ3n) is 2.95. The molecule has 0 bridgehead atoms. The van der Waals surface area contributed by atoms with Crippen molar-refractivity contribution < 1.29 is 9.90 Å². The Morgan fingerprint density at radius 1 is 1.24 bits per heavy atom. The van der Waals surface area contributed by atoms with Crippen molar-refractivity contribution >= 4 is 11.9 Å².